The third kappa shape index (κ3) is 4.28. The van der Waals surface area contributed by atoms with Gasteiger partial charge < -0.3 is 14.4 Å². The molecule has 0 bridgehead atoms. The normalized spacial score (nSPS) is 16.7. The first-order valence-corrected chi connectivity index (χ1v) is 10.2. The van der Waals surface area contributed by atoms with E-state index < -0.39 is 0 Å². The van der Waals surface area contributed by atoms with E-state index in [2.05, 4.69) is 23.3 Å². The molecule has 5 nitrogen and oxygen atoms in total. The van der Waals surface area contributed by atoms with Gasteiger partial charge in [-0.25, -0.2) is 0 Å². The Kier molecular flexibility index (Phi) is 6.39. The fraction of sp³-hybridized carbons (Fsp3) is 0.476. The second-order valence-electron chi connectivity index (χ2n) is 6.79. The Hall–Kier alpha value is -2.05. The largest absolute Gasteiger partial charge is 0.493 e. The van der Waals surface area contributed by atoms with Gasteiger partial charge in [-0.3, -0.25) is 9.69 Å². The summed E-state index contributed by atoms with van der Waals surface area (Å²) in [7, 11) is 3.25. The maximum Gasteiger partial charge on any atom is 0.237 e. The zero-order valence-corrected chi connectivity index (χ0v) is 17.3. The number of ether oxygens (including phenoxy) is 2. The minimum atomic E-state index is 0.165. The van der Waals surface area contributed by atoms with E-state index >= 15 is 0 Å². The van der Waals surface area contributed by atoms with Crippen LogP contribution in [0.3, 0.4) is 0 Å². The molecule has 6 heteroatoms. The molecular formula is C21H28N2O3S. The van der Waals surface area contributed by atoms with Gasteiger partial charge in [0.25, 0.3) is 0 Å². The van der Waals surface area contributed by atoms with Gasteiger partial charge in [0, 0.05) is 30.6 Å². The SMILES string of the molecule is CCN(Cc1ccc(OC)c(OC)c1)C(=O)CN1CCc2sccc2C1C. The first kappa shape index (κ1) is 19.7. The third-order valence-corrected chi connectivity index (χ3v) is 6.29. The highest BCUT2D eigenvalue weighted by molar-refractivity contribution is 7.10. The summed E-state index contributed by atoms with van der Waals surface area (Å²) in [5.41, 5.74) is 2.41. The highest BCUT2D eigenvalue weighted by Crippen LogP contribution is 2.33. The molecule has 0 aliphatic carbocycles. The lowest BCUT2D eigenvalue weighted by Crippen LogP contribution is -2.43. The van der Waals surface area contributed by atoms with E-state index in [-0.39, 0.29) is 5.91 Å². The first-order chi connectivity index (χ1) is 13.1. The van der Waals surface area contributed by atoms with Crippen molar-refractivity contribution >= 4 is 17.2 Å². The van der Waals surface area contributed by atoms with Gasteiger partial charge in [-0.15, -0.1) is 11.3 Å². The number of likely N-dealkylation sites (N-methyl/N-ethyl adjacent to an activating group) is 1. The molecule has 1 aromatic heterocycles. The van der Waals surface area contributed by atoms with Gasteiger partial charge in [-0.2, -0.15) is 0 Å². The molecule has 1 atom stereocenters. The van der Waals surface area contributed by atoms with E-state index in [4.69, 9.17) is 9.47 Å². The fourth-order valence-electron chi connectivity index (χ4n) is 3.63. The molecule has 0 saturated heterocycles. The number of carbonyl (C=O) groups is 1. The quantitative estimate of drug-likeness (QED) is 0.725. The monoisotopic (exact) mass is 388 g/mol. The maximum absolute atomic E-state index is 13.0. The molecule has 1 aliphatic rings. The number of hydrogen-bond acceptors (Lipinski definition) is 5. The molecular weight excluding hydrogens is 360 g/mol. The summed E-state index contributed by atoms with van der Waals surface area (Å²) in [6.07, 6.45) is 1.03. The smallest absolute Gasteiger partial charge is 0.237 e. The Morgan fingerprint density at radius 2 is 2.04 bits per heavy atom. The van der Waals surface area contributed by atoms with Crippen molar-refractivity contribution in [1.29, 1.82) is 0 Å². The standard InChI is InChI=1S/C21H28N2O3S/c1-5-22(13-16-6-7-18(25-3)19(12-16)26-4)21(24)14-23-10-8-20-17(15(23)2)9-11-27-20/h6-7,9,11-12,15H,5,8,10,13-14H2,1-4H3. The van der Waals surface area contributed by atoms with Crippen LogP contribution in [0.15, 0.2) is 29.6 Å². The van der Waals surface area contributed by atoms with E-state index in [0.29, 0.717) is 37.2 Å². The van der Waals surface area contributed by atoms with Crippen molar-refractivity contribution in [2.75, 3.05) is 33.9 Å². The van der Waals surface area contributed by atoms with Crippen molar-refractivity contribution in [3.05, 3.63) is 45.6 Å². The summed E-state index contributed by atoms with van der Waals surface area (Å²) in [5.74, 6) is 1.55. The number of rotatable bonds is 7. The Morgan fingerprint density at radius 3 is 2.74 bits per heavy atom. The number of carbonyl (C=O) groups excluding carboxylic acids is 1. The molecule has 1 unspecified atom stereocenters. The van der Waals surface area contributed by atoms with Crippen LogP contribution in [0, 0.1) is 0 Å². The van der Waals surface area contributed by atoms with E-state index in [1.165, 1.54) is 10.4 Å². The highest BCUT2D eigenvalue weighted by Gasteiger charge is 2.27. The van der Waals surface area contributed by atoms with Crippen molar-refractivity contribution in [3.63, 3.8) is 0 Å². The molecule has 1 aliphatic heterocycles. The lowest BCUT2D eigenvalue weighted by atomic mass is 10.0. The van der Waals surface area contributed by atoms with Gasteiger partial charge in [0.1, 0.15) is 0 Å². The molecule has 0 fully saturated rings. The Balaban J connectivity index is 1.66. The molecule has 0 N–H and O–H groups in total. The van der Waals surface area contributed by atoms with Crippen LogP contribution in [0.2, 0.25) is 0 Å². The van der Waals surface area contributed by atoms with E-state index in [1.54, 1.807) is 14.2 Å². The van der Waals surface area contributed by atoms with Crippen LogP contribution in [0.4, 0.5) is 0 Å². The van der Waals surface area contributed by atoms with E-state index in [0.717, 1.165) is 18.5 Å². The van der Waals surface area contributed by atoms with Crippen molar-refractivity contribution < 1.29 is 14.3 Å². The maximum atomic E-state index is 13.0. The summed E-state index contributed by atoms with van der Waals surface area (Å²) >= 11 is 1.82. The highest BCUT2D eigenvalue weighted by atomic mass is 32.1. The van der Waals surface area contributed by atoms with Crippen LogP contribution in [-0.2, 0) is 17.8 Å². The molecule has 3 rings (SSSR count). The molecule has 1 aromatic carbocycles. The summed E-state index contributed by atoms with van der Waals surface area (Å²) in [4.78, 5) is 18.6. The number of amides is 1. The van der Waals surface area contributed by atoms with E-state index in [9.17, 15) is 4.79 Å². The van der Waals surface area contributed by atoms with Gasteiger partial charge in [0.15, 0.2) is 11.5 Å². The van der Waals surface area contributed by atoms with Crippen LogP contribution < -0.4 is 9.47 Å². The van der Waals surface area contributed by atoms with Crippen molar-refractivity contribution in [3.8, 4) is 11.5 Å². The lowest BCUT2D eigenvalue weighted by molar-refractivity contribution is -0.133. The summed E-state index contributed by atoms with van der Waals surface area (Å²) in [5, 5.41) is 2.15. The van der Waals surface area contributed by atoms with Crippen molar-refractivity contribution in [2.45, 2.75) is 32.9 Å². The molecule has 27 heavy (non-hydrogen) atoms. The van der Waals surface area contributed by atoms with Crippen LogP contribution in [0.25, 0.3) is 0 Å². The molecule has 1 amide bonds. The zero-order valence-electron chi connectivity index (χ0n) is 16.5. The third-order valence-electron chi connectivity index (χ3n) is 5.30. The number of benzene rings is 1. The number of hydrogen-bond donors (Lipinski definition) is 0. The van der Waals surface area contributed by atoms with Crippen LogP contribution in [-0.4, -0.2) is 49.6 Å². The molecule has 2 aromatic rings. The number of thiophene rings is 1. The van der Waals surface area contributed by atoms with Gasteiger partial charge in [0.05, 0.1) is 20.8 Å². The molecule has 0 radical (unpaired) electrons. The van der Waals surface area contributed by atoms with Crippen molar-refractivity contribution in [2.24, 2.45) is 0 Å². The van der Waals surface area contributed by atoms with Crippen LogP contribution >= 0.6 is 11.3 Å². The molecule has 146 valence electrons. The molecule has 0 spiro atoms. The summed E-state index contributed by atoms with van der Waals surface area (Å²) in [6.45, 7) is 6.87. The fourth-order valence-corrected chi connectivity index (χ4v) is 4.59. The minimum absolute atomic E-state index is 0.165. The summed E-state index contributed by atoms with van der Waals surface area (Å²) in [6, 6.07) is 8.30. The van der Waals surface area contributed by atoms with Gasteiger partial charge >= 0.3 is 0 Å². The zero-order chi connectivity index (χ0) is 19.4. The average molecular weight is 389 g/mol. The van der Waals surface area contributed by atoms with Gasteiger partial charge in [0.2, 0.25) is 5.91 Å². The lowest BCUT2D eigenvalue weighted by Gasteiger charge is -2.34. The predicted molar refractivity (Wildman–Crippen MR) is 109 cm³/mol. The molecule has 2 heterocycles. The Bertz CT molecular complexity index is 789. The average Bonchev–Trinajstić information content (AvgIpc) is 3.17. The van der Waals surface area contributed by atoms with Crippen LogP contribution in [0.5, 0.6) is 11.5 Å². The van der Waals surface area contributed by atoms with Crippen LogP contribution in [0.1, 0.15) is 35.9 Å². The Labute approximate surface area is 165 Å². The number of methoxy groups -OCH3 is 2. The first-order valence-electron chi connectivity index (χ1n) is 9.36. The minimum Gasteiger partial charge on any atom is -0.493 e. The van der Waals surface area contributed by atoms with E-state index in [1.807, 2.05) is 41.4 Å². The second-order valence-corrected chi connectivity index (χ2v) is 7.79. The van der Waals surface area contributed by atoms with Gasteiger partial charge in [-0.1, -0.05) is 6.07 Å². The number of fused-ring (bicyclic) bond motifs is 1. The number of nitrogens with zero attached hydrogens (tertiary/aromatic N) is 2. The predicted octanol–water partition coefficient (Wildman–Crippen LogP) is 3.73. The second kappa shape index (κ2) is 8.76. The Morgan fingerprint density at radius 1 is 1.26 bits per heavy atom. The topological polar surface area (TPSA) is 42.0 Å². The summed E-state index contributed by atoms with van der Waals surface area (Å²) < 4.78 is 10.7. The van der Waals surface area contributed by atoms with Crippen molar-refractivity contribution in [1.82, 2.24) is 9.80 Å². The molecule has 0 saturated carbocycles. The van der Waals surface area contributed by atoms with Gasteiger partial charge in [-0.05, 0) is 55.0 Å².